The molecule has 3 aromatic carbocycles. The molecule has 0 aromatic heterocycles. The minimum absolute atomic E-state index is 0.0768. The van der Waals surface area contributed by atoms with E-state index in [1.807, 2.05) is 49.4 Å². The van der Waals surface area contributed by atoms with E-state index in [4.69, 9.17) is 9.73 Å². The Morgan fingerprint density at radius 3 is 2.45 bits per heavy atom. The molecule has 0 atom stereocenters. The van der Waals surface area contributed by atoms with Crippen LogP contribution in [-0.4, -0.2) is 47.7 Å². The number of halogens is 1. The van der Waals surface area contributed by atoms with Crippen LogP contribution in [0.15, 0.2) is 71.7 Å². The van der Waals surface area contributed by atoms with E-state index in [-0.39, 0.29) is 11.7 Å². The van der Waals surface area contributed by atoms with E-state index >= 15 is 0 Å². The zero-order valence-corrected chi connectivity index (χ0v) is 17.2. The standard InChI is InChI=1S/C25H22FN3O2/c1-17-6-11-21-23(16-17)31-22-5-3-2-4-20(22)24(27-21)28-12-14-29(15-13-28)25(30)18-7-9-19(26)10-8-18/h2-11,16H,12-15H2,1H3. The molecule has 1 amide bonds. The van der Waals surface area contributed by atoms with Crippen molar-refractivity contribution < 1.29 is 13.9 Å². The Bertz CT molecular complexity index is 1170. The molecule has 31 heavy (non-hydrogen) atoms. The molecule has 6 heteroatoms. The van der Waals surface area contributed by atoms with Crippen LogP contribution in [-0.2, 0) is 0 Å². The fraction of sp³-hybridized carbons (Fsp3) is 0.200. The van der Waals surface area contributed by atoms with Gasteiger partial charge < -0.3 is 14.5 Å². The van der Waals surface area contributed by atoms with E-state index < -0.39 is 0 Å². The van der Waals surface area contributed by atoms with Crippen LogP contribution < -0.4 is 4.74 Å². The zero-order valence-electron chi connectivity index (χ0n) is 17.2. The summed E-state index contributed by atoms with van der Waals surface area (Å²) in [7, 11) is 0. The summed E-state index contributed by atoms with van der Waals surface area (Å²) in [5.74, 6) is 1.95. The van der Waals surface area contributed by atoms with Crippen LogP contribution in [0.2, 0.25) is 0 Å². The Hall–Kier alpha value is -3.67. The quantitative estimate of drug-likeness (QED) is 0.575. The molecule has 1 saturated heterocycles. The van der Waals surface area contributed by atoms with Gasteiger partial charge in [0.15, 0.2) is 5.75 Å². The molecular formula is C25H22FN3O2. The fourth-order valence-electron chi connectivity index (χ4n) is 3.97. The summed E-state index contributed by atoms with van der Waals surface area (Å²) >= 11 is 0. The van der Waals surface area contributed by atoms with Gasteiger partial charge in [-0.3, -0.25) is 4.79 Å². The number of aryl methyl sites for hydroxylation is 1. The molecule has 0 spiro atoms. The van der Waals surface area contributed by atoms with Gasteiger partial charge in [-0.1, -0.05) is 18.2 Å². The number of fused-ring (bicyclic) bond motifs is 2. The van der Waals surface area contributed by atoms with E-state index in [9.17, 15) is 9.18 Å². The SMILES string of the molecule is Cc1ccc2c(c1)Oc1ccccc1C(N1CCN(C(=O)c3ccc(F)cc3)CC1)=N2. The first-order valence-corrected chi connectivity index (χ1v) is 10.3. The number of nitrogens with zero attached hydrogens (tertiary/aromatic N) is 3. The van der Waals surface area contributed by atoms with Crippen molar-refractivity contribution in [3.05, 3.63) is 89.2 Å². The summed E-state index contributed by atoms with van der Waals surface area (Å²) in [5.41, 5.74) is 3.35. The van der Waals surface area contributed by atoms with Gasteiger partial charge in [-0.05, 0) is 61.0 Å². The largest absolute Gasteiger partial charge is 0.454 e. The van der Waals surface area contributed by atoms with Crippen LogP contribution in [0.3, 0.4) is 0 Å². The van der Waals surface area contributed by atoms with E-state index in [2.05, 4.69) is 4.90 Å². The highest BCUT2D eigenvalue weighted by Gasteiger charge is 2.27. The minimum Gasteiger partial charge on any atom is -0.454 e. The van der Waals surface area contributed by atoms with Gasteiger partial charge in [0, 0.05) is 31.7 Å². The molecule has 5 rings (SSSR count). The maximum Gasteiger partial charge on any atom is 0.253 e. The Morgan fingerprint density at radius 1 is 0.935 bits per heavy atom. The first-order valence-electron chi connectivity index (χ1n) is 10.3. The third kappa shape index (κ3) is 3.77. The molecule has 0 unspecified atom stereocenters. The summed E-state index contributed by atoms with van der Waals surface area (Å²) in [5, 5.41) is 0. The van der Waals surface area contributed by atoms with Crippen LogP contribution >= 0.6 is 0 Å². The van der Waals surface area contributed by atoms with E-state index in [1.165, 1.54) is 24.3 Å². The Morgan fingerprint density at radius 2 is 1.68 bits per heavy atom. The van der Waals surface area contributed by atoms with Gasteiger partial charge in [-0.15, -0.1) is 0 Å². The van der Waals surface area contributed by atoms with Gasteiger partial charge >= 0.3 is 0 Å². The first-order chi connectivity index (χ1) is 15.1. The first kappa shape index (κ1) is 19.3. The van der Waals surface area contributed by atoms with Gasteiger partial charge in [0.05, 0.1) is 5.56 Å². The highest BCUT2D eigenvalue weighted by atomic mass is 19.1. The number of rotatable bonds is 1. The number of piperazine rings is 1. The van der Waals surface area contributed by atoms with Crippen molar-refractivity contribution in [2.75, 3.05) is 26.2 Å². The number of carbonyl (C=O) groups excluding carboxylic acids is 1. The second-order valence-corrected chi connectivity index (χ2v) is 7.79. The van der Waals surface area contributed by atoms with Gasteiger partial charge in [0.25, 0.3) is 5.91 Å². The predicted molar refractivity (Wildman–Crippen MR) is 118 cm³/mol. The lowest BCUT2D eigenvalue weighted by molar-refractivity contribution is 0.0692. The molecule has 5 nitrogen and oxygen atoms in total. The molecule has 2 aliphatic rings. The zero-order chi connectivity index (χ0) is 21.4. The van der Waals surface area contributed by atoms with E-state index in [0.717, 1.165) is 34.1 Å². The number of hydrogen-bond acceptors (Lipinski definition) is 4. The van der Waals surface area contributed by atoms with Crippen molar-refractivity contribution in [3.63, 3.8) is 0 Å². The van der Waals surface area contributed by atoms with E-state index in [0.29, 0.717) is 31.7 Å². The molecule has 2 aliphatic heterocycles. The smallest absolute Gasteiger partial charge is 0.253 e. The summed E-state index contributed by atoms with van der Waals surface area (Å²) in [6.07, 6.45) is 0. The molecule has 156 valence electrons. The molecule has 1 fully saturated rings. The van der Waals surface area contributed by atoms with Gasteiger partial charge in [-0.25, -0.2) is 9.38 Å². The van der Waals surface area contributed by atoms with Gasteiger partial charge in [0.2, 0.25) is 0 Å². The predicted octanol–water partition coefficient (Wildman–Crippen LogP) is 4.78. The molecule has 0 N–H and O–H groups in total. The topological polar surface area (TPSA) is 45.1 Å². The lowest BCUT2D eigenvalue weighted by Gasteiger charge is -2.36. The van der Waals surface area contributed by atoms with Gasteiger partial charge in [-0.2, -0.15) is 0 Å². The van der Waals surface area contributed by atoms with Crippen molar-refractivity contribution in [3.8, 4) is 11.5 Å². The third-order valence-corrected chi connectivity index (χ3v) is 5.65. The number of hydrogen-bond donors (Lipinski definition) is 0. The summed E-state index contributed by atoms with van der Waals surface area (Å²) in [4.78, 5) is 21.7. The fourth-order valence-corrected chi connectivity index (χ4v) is 3.97. The average Bonchev–Trinajstić information content (AvgIpc) is 2.95. The lowest BCUT2D eigenvalue weighted by atomic mass is 10.1. The number of amidine groups is 1. The maximum atomic E-state index is 13.2. The number of benzene rings is 3. The van der Waals surface area contributed by atoms with Crippen LogP contribution in [0.25, 0.3) is 0 Å². The Labute approximate surface area is 180 Å². The number of para-hydroxylation sites is 1. The van der Waals surface area contributed by atoms with Crippen molar-refractivity contribution >= 4 is 17.4 Å². The summed E-state index contributed by atoms with van der Waals surface area (Å²) in [6, 6.07) is 19.6. The number of amides is 1. The molecule has 3 aromatic rings. The lowest BCUT2D eigenvalue weighted by Crippen LogP contribution is -2.50. The molecule has 0 aliphatic carbocycles. The average molecular weight is 415 g/mol. The van der Waals surface area contributed by atoms with Crippen LogP contribution in [0.4, 0.5) is 10.1 Å². The van der Waals surface area contributed by atoms with Crippen molar-refractivity contribution in [2.24, 2.45) is 4.99 Å². The number of ether oxygens (including phenoxy) is 1. The monoisotopic (exact) mass is 415 g/mol. The third-order valence-electron chi connectivity index (χ3n) is 5.65. The van der Waals surface area contributed by atoms with Crippen LogP contribution in [0.1, 0.15) is 21.5 Å². The van der Waals surface area contributed by atoms with E-state index in [1.54, 1.807) is 4.90 Å². The molecule has 0 saturated carbocycles. The van der Waals surface area contributed by atoms with Crippen LogP contribution in [0, 0.1) is 12.7 Å². The number of aliphatic imine (C=N–C) groups is 1. The molecule has 2 heterocycles. The van der Waals surface area contributed by atoms with Crippen molar-refractivity contribution in [1.29, 1.82) is 0 Å². The van der Waals surface area contributed by atoms with Crippen LogP contribution in [0.5, 0.6) is 11.5 Å². The minimum atomic E-state index is -0.343. The molecule has 0 bridgehead atoms. The normalized spacial score (nSPS) is 15.4. The van der Waals surface area contributed by atoms with Crippen molar-refractivity contribution in [2.45, 2.75) is 6.92 Å². The van der Waals surface area contributed by atoms with Crippen molar-refractivity contribution in [1.82, 2.24) is 9.80 Å². The highest BCUT2D eigenvalue weighted by Crippen LogP contribution is 2.38. The Balaban J connectivity index is 1.40. The second kappa shape index (κ2) is 7.87. The van der Waals surface area contributed by atoms with Gasteiger partial charge in [0.1, 0.15) is 23.1 Å². The maximum absolute atomic E-state index is 13.2. The number of carbonyl (C=O) groups is 1. The molecule has 0 radical (unpaired) electrons. The summed E-state index contributed by atoms with van der Waals surface area (Å²) in [6.45, 7) is 4.48. The highest BCUT2D eigenvalue weighted by molar-refractivity contribution is 6.04. The Kier molecular flexibility index (Phi) is 4.90. The second-order valence-electron chi connectivity index (χ2n) is 7.79. The summed E-state index contributed by atoms with van der Waals surface area (Å²) < 4.78 is 19.4. The molecular weight excluding hydrogens is 393 g/mol.